The van der Waals surface area contributed by atoms with Gasteiger partial charge in [0.25, 0.3) is 0 Å². The van der Waals surface area contributed by atoms with Gasteiger partial charge in [0.2, 0.25) is 0 Å². The third-order valence-electron chi connectivity index (χ3n) is 6.75. The van der Waals surface area contributed by atoms with Crippen LogP contribution in [-0.4, -0.2) is 25.2 Å². The van der Waals surface area contributed by atoms with Gasteiger partial charge in [-0.2, -0.15) is 0 Å². The van der Waals surface area contributed by atoms with E-state index in [2.05, 4.69) is 20.8 Å². The molecule has 0 heterocycles. The Balaban J connectivity index is 2.05. The minimum atomic E-state index is -0.128. The van der Waals surface area contributed by atoms with Gasteiger partial charge in [-0.15, -0.1) is 0 Å². The van der Waals surface area contributed by atoms with Gasteiger partial charge in [-0.25, -0.2) is 0 Å². The van der Waals surface area contributed by atoms with Crippen LogP contribution in [0.15, 0.2) is 0 Å². The van der Waals surface area contributed by atoms with Crippen molar-refractivity contribution in [1.82, 2.24) is 0 Å². The van der Waals surface area contributed by atoms with Crippen LogP contribution in [0.5, 0.6) is 0 Å². The summed E-state index contributed by atoms with van der Waals surface area (Å²) in [5.41, 5.74) is 0. The van der Waals surface area contributed by atoms with Gasteiger partial charge in [0, 0.05) is 0 Å². The largest absolute Gasteiger partial charge is 0.465 e. The summed E-state index contributed by atoms with van der Waals surface area (Å²) in [6.45, 7) is 7.84. The maximum atomic E-state index is 12.4. The molecule has 0 N–H and O–H groups in total. The minimum Gasteiger partial charge on any atom is -0.465 e. The molecule has 0 aromatic rings. The Morgan fingerprint density at radius 1 is 0.688 bits per heavy atom. The second-order valence-electron chi connectivity index (χ2n) is 10.3. The molecule has 0 aromatic carbocycles. The minimum absolute atomic E-state index is 0.105. The third-order valence-corrected chi connectivity index (χ3v) is 6.75. The van der Waals surface area contributed by atoms with E-state index in [1.807, 2.05) is 0 Å². The van der Waals surface area contributed by atoms with Crippen molar-refractivity contribution in [2.24, 2.45) is 17.8 Å². The third kappa shape index (κ3) is 14.9. The van der Waals surface area contributed by atoms with E-state index in [1.54, 1.807) is 0 Å². The van der Waals surface area contributed by atoms with Gasteiger partial charge >= 0.3 is 11.9 Å². The van der Waals surface area contributed by atoms with Crippen LogP contribution in [-0.2, 0) is 19.1 Å². The van der Waals surface area contributed by atoms with Gasteiger partial charge < -0.3 is 9.47 Å². The number of esters is 2. The highest BCUT2D eigenvalue weighted by Crippen LogP contribution is 2.31. The van der Waals surface area contributed by atoms with E-state index >= 15 is 0 Å². The Kier molecular flexibility index (Phi) is 17.6. The molecule has 1 rings (SSSR count). The second kappa shape index (κ2) is 19.4. The van der Waals surface area contributed by atoms with Crippen LogP contribution in [0.3, 0.4) is 0 Å². The lowest BCUT2D eigenvalue weighted by Gasteiger charge is -2.26. The molecule has 2 unspecified atom stereocenters. The Hall–Kier alpha value is -1.06. The van der Waals surface area contributed by atoms with Crippen molar-refractivity contribution >= 4 is 11.9 Å². The zero-order chi connectivity index (χ0) is 23.4. The SMILES string of the molecule is CCCCCCCCOC(=O)C1CCCC(C(=O)OCCCCCCCCCC(C)C)C1. The highest BCUT2D eigenvalue weighted by molar-refractivity contribution is 5.76. The zero-order valence-corrected chi connectivity index (χ0v) is 21.5. The van der Waals surface area contributed by atoms with Gasteiger partial charge in [-0.1, -0.05) is 104 Å². The number of hydrogen-bond donors (Lipinski definition) is 0. The lowest BCUT2D eigenvalue weighted by Crippen LogP contribution is -2.30. The monoisotopic (exact) mass is 452 g/mol. The topological polar surface area (TPSA) is 52.6 Å². The maximum absolute atomic E-state index is 12.4. The smallest absolute Gasteiger partial charge is 0.308 e. The first kappa shape index (κ1) is 29.0. The van der Waals surface area contributed by atoms with Gasteiger partial charge in [0.05, 0.1) is 25.0 Å². The Labute approximate surface area is 198 Å². The summed E-state index contributed by atoms with van der Waals surface area (Å²) in [6, 6.07) is 0. The molecule has 0 radical (unpaired) electrons. The molecule has 4 nitrogen and oxygen atoms in total. The Bertz CT molecular complexity index is 474. The van der Waals surface area contributed by atoms with Crippen LogP contribution >= 0.6 is 0 Å². The van der Waals surface area contributed by atoms with E-state index < -0.39 is 0 Å². The molecule has 0 spiro atoms. The predicted molar refractivity (Wildman–Crippen MR) is 133 cm³/mol. The summed E-state index contributed by atoms with van der Waals surface area (Å²) in [6.07, 6.45) is 20.3. The number of hydrogen-bond acceptors (Lipinski definition) is 4. The van der Waals surface area contributed by atoms with Crippen LogP contribution in [0, 0.1) is 17.8 Å². The molecule has 0 bridgehead atoms. The normalized spacial score (nSPS) is 18.6. The van der Waals surface area contributed by atoms with E-state index in [4.69, 9.17) is 9.47 Å². The highest BCUT2D eigenvalue weighted by atomic mass is 16.5. The molecule has 1 fully saturated rings. The molecule has 2 atom stereocenters. The number of unbranched alkanes of at least 4 members (excludes halogenated alkanes) is 11. The number of carbonyl (C=O) groups is 2. The fourth-order valence-electron chi connectivity index (χ4n) is 4.62. The molecule has 0 amide bonds. The quantitative estimate of drug-likeness (QED) is 0.147. The first-order chi connectivity index (χ1) is 15.5. The molecular formula is C28H52O4. The summed E-state index contributed by atoms with van der Waals surface area (Å²) >= 11 is 0. The van der Waals surface area contributed by atoms with E-state index in [0.717, 1.165) is 50.9 Å². The summed E-state index contributed by atoms with van der Waals surface area (Å²) < 4.78 is 11.0. The van der Waals surface area contributed by atoms with Crippen molar-refractivity contribution in [3.8, 4) is 0 Å². The second-order valence-corrected chi connectivity index (χ2v) is 10.3. The lowest BCUT2D eigenvalue weighted by atomic mass is 9.81. The molecule has 0 aliphatic heterocycles. The van der Waals surface area contributed by atoms with Crippen LogP contribution in [0.1, 0.15) is 136 Å². The first-order valence-electron chi connectivity index (χ1n) is 13.9. The summed E-state index contributed by atoms with van der Waals surface area (Å²) in [5, 5.41) is 0. The van der Waals surface area contributed by atoms with Gasteiger partial charge in [0.15, 0.2) is 0 Å². The molecule has 32 heavy (non-hydrogen) atoms. The van der Waals surface area contributed by atoms with Crippen molar-refractivity contribution in [2.75, 3.05) is 13.2 Å². The Morgan fingerprint density at radius 2 is 1.12 bits per heavy atom. The zero-order valence-electron chi connectivity index (χ0n) is 21.5. The lowest BCUT2D eigenvalue weighted by molar-refractivity contribution is -0.155. The fourth-order valence-corrected chi connectivity index (χ4v) is 4.62. The van der Waals surface area contributed by atoms with Crippen LogP contribution in [0.4, 0.5) is 0 Å². The maximum Gasteiger partial charge on any atom is 0.308 e. The highest BCUT2D eigenvalue weighted by Gasteiger charge is 2.32. The molecular weight excluding hydrogens is 400 g/mol. The van der Waals surface area contributed by atoms with E-state index in [1.165, 1.54) is 64.2 Å². The number of ether oxygens (including phenoxy) is 2. The van der Waals surface area contributed by atoms with Crippen LogP contribution < -0.4 is 0 Å². The van der Waals surface area contributed by atoms with Crippen molar-refractivity contribution < 1.29 is 19.1 Å². The molecule has 188 valence electrons. The van der Waals surface area contributed by atoms with Gasteiger partial charge in [0.1, 0.15) is 0 Å². The van der Waals surface area contributed by atoms with Crippen molar-refractivity contribution in [3.63, 3.8) is 0 Å². The molecule has 0 saturated heterocycles. The summed E-state index contributed by atoms with van der Waals surface area (Å²) in [4.78, 5) is 24.8. The van der Waals surface area contributed by atoms with Gasteiger partial charge in [-0.05, 0) is 38.0 Å². The van der Waals surface area contributed by atoms with Gasteiger partial charge in [-0.3, -0.25) is 9.59 Å². The van der Waals surface area contributed by atoms with E-state index in [-0.39, 0.29) is 23.8 Å². The van der Waals surface area contributed by atoms with E-state index in [0.29, 0.717) is 19.6 Å². The van der Waals surface area contributed by atoms with Crippen molar-refractivity contribution in [2.45, 2.75) is 136 Å². The van der Waals surface area contributed by atoms with E-state index in [9.17, 15) is 9.59 Å². The Morgan fingerprint density at radius 3 is 1.59 bits per heavy atom. The molecule has 4 heteroatoms. The van der Waals surface area contributed by atoms with Crippen molar-refractivity contribution in [1.29, 1.82) is 0 Å². The predicted octanol–water partition coefficient (Wildman–Crippen LogP) is 8.02. The molecule has 0 aromatic heterocycles. The van der Waals surface area contributed by atoms with Crippen molar-refractivity contribution in [3.05, 3.63) is 0 Å². The molecule has 1 aliphatic rings. The number of rotatable bonds is 19. The fraction of sp³-hybridized carbons (Fsp3) is 0.929. The first-order valence-corrected chi connectivity index (χ1v) is 13.9. The molecule has 1 aliphatic carbocycles. The standard InChI is InChI=1S/C28H52O4/c1-4-5-6-7-12-15-21-31-27(29)25-19-17-20-26(23-25)28(30)32-22-16-13-10-8-9-11-14-18-24(2)3/h24-26H,4-23H2,1-3H3. The van der Waals surface area contributed by atoms with Crippen LogP contribution in [0.25, 0.3) is 0 Å². The molecule has 1 saturated carbocycles. The average molecular weight is 453 g/mol. The number of carbonyl (C=O) groups excluding carboxylic acids is 2. The average Bonchev–Trinajstić information content (AvgIpc) is 2.79. The summed E-state index contributed by atoms with van der Waals surface area (Å²) in [7, 11) is 0. The van der Waals surface area contributed by atoms with Crippen LogP contribution in [0.2, 0.25) is 0 Å². The summed E-state index contributed by atoms with van der Waals surface area (Å²) in [5.74, 6) is 0.352.